The highest BCUT2D eigenvalue weighted by atomic mass is 79.9. The minimum atomic E-state index is -0.193. The van der Waals surface area contributed by atoms with E-state index < -0.39 is 0 Å². The van der Waals surface area contributed by atoms with Gasteiger partial charge in [-0.2, -0.15) is 0 Å². The van der Waals surface area contributed by atoms with Crippen LogP contribution >= 0.6 is 15.9 Å². The fourth-order valence-electron chi connectivity index (χ4n) is 1.64. The predicted octanol–water partition coefficient (Wildman–Crippen LogP) is 3.39. The molecule has 0 bridgehead atoms. The van der Waals surface area contributed by atoms with Gasteiger partial charge in [-0.05, 0) is 30.5 Å². The molecule has 3 heteroatoms. The first kappa shape index (κ1) is 10.1. The maximum absolute atomic E-state index is 13.4. The zero-order chi connectivity index (χ0) is 10.1. The molecule has 1 saturated carbocycles. The number of halogens is 2. The first-order valence-electron chi connectivity index (χ1n) is 4.87. The molecule has 0 saturated heterocycles. The van der Waals surface area contributed by atoms with Gasteiger partial charge < -0.3 is 5.73 Å². The van der Waals surface area contributed by atoms with Crippen LogP contribution in [0.5, 0.6) is 0 Å². The smallest absolute Gasteiger partial charge is 0.128 e. The van der Waals surface area contributed by atoms with E-state index in [0.717, 1.165) is 16.8 Å². The average Bonchev–Trinajstić information content (AvgIpc) is 2.93. The van der Waals surface area contributed by atoms with Crippen molar-refractivity contribution in [3.8, 4) is 0 Å². The zero-order valence-electron chi connectivity index (χ0n) is 7.84. The Kier molecular flexibility index (Phi) is 2.88. The Bertz CT molecular complexity index is 336. The molecule has 76 valence electrons. The SMILES string of the molecule is N[C@H](CC1CC1)c1cc(Br)ccc1F. The number of benzene rings is 1. The van der Waals surface area contributed by atoms with Crippen molar-refractivity contribution in [3.63, 3.8) is 0 Å². The second-order valence-corrected chi connectivity index (χ2v) is 4.87. The van der Waals surface area contributed by atoms with Gasteiger partial charge in [0.2, 0.25) is 0 Å². The van der Waals surface area contributed by atoms with E-state index in [9.17, 15) is 4.39 Å². The van der Waals surface area contributed by atoms with Crippen LogP contribution in [0.4, 0.5) is 4.39 Å². The minimum absolute atomic E-state index is 0.153. The molecule has 0 aliphatic heterocycles. The second kappa shape index (κ2) is 3.99. The fourth-order valence-corrected chi connectivity index (χ4v) is 2.02. The Morgan fingerprint density at radius 1 is 1.50 bits per heavy atom. The molecule has 2 N–H and O–H groups in total. The van der Waals surface area contributed by atoms with Crippen LogP contribution < -0.4 is 5.73 Å². The Labute approximate surface area is 91.6 Å². The lowest BCUT2D eigenvalue weighted by Gasteiger charge is -2.12. The molecule has 1 aromatic carbocycles. The van der Waals surface area contributed by atoms with Crippen LogP contribution in [0.1, 0.15) is 30.9 Å². The molecular formula is C11H13BrFN. The van der Waals surface area contributed by atoms with E-state index >= 15 is 0 Å². The summed E-state index contributed by atoms with van der Waals surface area (Å²) in [6, 6.07) is 4.79. The molecule has 2 rings (SSSR count). The monoisotopic (exact) mass is 257 g/mol. The van der Waals surface area contributed by atoms with Gasteiger partial charge in [-0.15, -0.1) is 0 Å². The highest BCUT2D eigenvalue weighted by Crippen LogP contribution is 2.37. The summed E-state index contributed by atoms with van der Waals surface area (Å²) in [5.41, 5.74) is 6.58. The van der Waals surface area contributed by atoms with Gasteiger partial charge in [0.15, 0.2) is 0 Å². The lowest BCUT2D eigenvalue weighted by Crippen LogP contribution is -2.12. The largest absolute Gasteiger partial charge is 0.324 e. The summed E-state index contributed by atoms with van der Waals surface area (Å²) >= 11 is 3.32. The molecule has 1 aliphatic rings. The van der Waals surface area contributed by atoms with Crippen LogP contribution in [0.3, 0.4) is 0 Å². The fraction of sp³-hybridized carbons (Fsp3) is 0.455. The lowest BCUT2D eigenvalue weighted by molar-refractivity contribution is 0.542. The summed E-state index contributed by atoms with van der Waals surface area (Å²) < 4.78 is 14.3. The third kappa shape index (κ3) is 2.34. The summed E-state index contributed by atoms with van der Waals surface area (Å²) in [7, 11) is 0. The molecule has 1 aromatic rings. The Hall–Kier alpha value is -0.410. The zero-order valence-corrected chi connectivity index (χ0v) is 9.43. The highest BCUT2D eigenvalue weighted by Gasteiger charge is 2.25. The lowest BCUT2D eigenvalue weighted by atomic mass is 10.0. The maximum atomic E-state index is 13.4. The quantitative estimate of drug-likeness (QED) is 0.883. The van der Waals surface area contributed by atoms with Gasteiger partial charge in [0.25, 0.3) is 0 Å². The number of nitrogens with two attached hydrogens (primary N) is 1. The molecule has 0 heterocycles. The molecule has 0 aromatic heterocycles. The summed E-state index contributed by atoms with van der Waals surface area (Å²) in [4.78, 5) is 0. The van der Waals surface area contributed by atoms with Crippen molar-refractivity contribution in [2.24, 2.45) is 11.7 Å². The molecular weight excluding hydrogens is 245 g/mol. The molecule has 0 spiro atoms. The van der Waals surface area contributed by atoms with Gasteiger partial charge in [-0.3, -0.25) is 0 Å². The topological polar surface area (TPSA) is 26.0 Å². The van der Waals surface area contributed by atoms with Crippen molar-refractivity contribution >= 4 is 15.9 Å². The first-order chi connectivity index (χ1) is 6.66. The Morgan fingerprint density at radius 2 is 2.21 bits per heavy atom. The van der Waals surface area contributed by atoms with Gasteiger partial charge in [0.05, 0.1) is 0 Å². The van der Waals surface area contributed by atoms with Crippen molar-refractivity contribution in [2.75, 3.05) is 0 Å². The summed E-state index contributed by atoms with van der Waals surface area (Å²) in [6.07, 6.45) is 3.42. The van der Waals surface area contributed by atoms with Gasteiger partial charge in [0.1, 0.15) is 5.82 Å². The predicted molar refractivity (Wildman–Crippen MR) is 58.4 cm³/mol. The van der Waals surface area contributed by atoms with Crippen molar-refractivity contribution in [2.45, 2.75) is 25.3 Å². The molecule has 14 heavy (non-hydrogen) atoms. The van der Waals surface area contributed by atoms with E-state index in [2.05, 4.69) is 15.9 Å². The minimum Gasteiger partial charge on any atom is -0.324 e. The molecule has 1 fully saturated rings. The molecule has 1 nitrogen and oxygen atoms in total. The van der Waals surface area contributed by atoms with Gasteiger partial charge >= 0.3 is 0 Å². The third-order valence-electron chi connectivity index (χ3n) is 2.64. The van der Waals surface area contributed by atoms with Crippen LogP contribution in [0.15, 0.2) is 22.7 Å². The second-order valence-electron chi connectivity index (χ2n) is 3.95. The summed E-state index contributed by atoms with van der Waals surface area (Å²) in [5.74, 6) is 0.532. The number of hydrogen-bond acceptors (Lipinski definition) is 1. The van der Waals surface area contributed by atoms with Crippen LogP contribution in [-0.4, -0.2) is 0 Å². The van der Waals surface area contributed by atoms with Crippen LogP contribution in [-0.2, 0) is 0 Å². The summed E-state index contributed by atoms with van der Waals surface area (Å²) in [6.45, 7) is 0. The Morgan fingerprint density at radius 3 is 2.86 bits per heavy atom. The molecule has 1 aliphatic carbocycles. The van der Waals surface area contributed by atoms with Crippen molar-refractivity contribution in [3.05, 3.63) is 34.1 Å². The van der Waals surface area contributed by atoms with E-state index in [1.54, 1.807) is 12.1 Å². The molecule has 0 radical (unpaired) electrons. The van der Waals surface area contributed by atoms with Crippen molar-refractivity contribution in [1.82, 2.24) is 0 Å². The number of hydrogen-bond donors (Lipinski definition) is 1. The van der Waals surface area contributed by atoms with E-state index in [1.165, 1.54) is 18.9 Å². The third-order valence-corrected chi connectivity index (χ3v) is 3.13. The molecule has 1 atom stereocenters. The molecule has 0 unspecified atom stereocenters. The van der Waals surface area contributed by atoms with Crippen LogP contribution in [0.2, 0.25) is 0 Å². The molecule has 0 amide bonds. The van der Waals surface area contributed by atoms with Crippen LogP contribution in [0.25, 0.3) is 0 Å². The normalized spacial score (nSPS) is 18.2. The standard InChI is InChI=1S/C11H13BrFN/c12-8-3-4-10(13)9(6-8)11(14)5-7-1-2-7/h3-4,6-7,11H,1-2,5,14H2/t11-/m1/s1. The number of rotatable bonds is 3. The van der Waals surface area contributed by atoms with E-state index in [1.807, 2.05) is 0 Å². The van der Waals surface area contributed by atoms with Gasteiger partial charge in [0, 0.05) is 16.1 Å². The Balaban J connectivity index is 2.15. The van der Waals surface area contributed by atoms with Gasteiger partial charge in [-0.1, -0.05) is 28.8 Å². The maximum Gasteiger partial charge on any atom is 0.128 e. The van der Waals surface area contributed by atoms with Crippen molar-refractivity contribution < 1.29 is 4.39 Å². The highest BCUT2D eigenvalue weighted by molar-refractivity contribution is 9.10. The van der Waals surface area contributed by atoms with E-state index in [4.69, 9.17) is 5.73 Å². The van der Waals surface area contributed by atoms with Crippen LogP contribution in [0, 0.1) is 11.7 Å². The van der Waals surface area contributed by atoms with Gasteiger partial charge in [-0.25, -0.2) is 4.39 Å². The summed E-state index contributed by atoms with van der Waals surface area (Å²) in [5, 5.41) is 0. The van der Waals surface area contributed by atoms with Crippen molar-refractivity contribution in [1.29, 1.82) is 0 Å². The average molecular weight is 258 g/mol. The van der Waals surface area contributed by atoms with E-state index in [-0.39, 0.29) is 11.9 Å². The first-order valence-corrected chi connectivity index (χ1v) is 5.66. The van der Waals surface area contributed by atoms with E-state index in [0.29, 0.717) is 5.56 Å².